The highest BCUT2D eigenvalue weighted by atomic mass is 15.1. The zero-order chi connectivity index (χ0) is 12.8. The van der Waals surface area contributed by atoms with E-state index in [1.165, 1.54) is 0 Å². The normalized spacial score (nSPS) is 13.8. The summed E-state index contributed by atoms with van der Waals surface area (Å²) in [5, 5.41) is 8.67. The lowest BCUT2D eigenvalue weighted by atomic mass is 10.1. The standard InChI is InChI=1S/C13H20N4/c1-4-12(15)13-6-5-11(9-16-13)17(3)10(2)7-8-14/h5-6,9-10,12H,4,7,15H2,1-3H3/t10?,12-/m0/s1. The Balaban J connectivity index is 2.77. The molecular formula is C13H20N4. The van der Waals surface area contributed by atoms with E-state index in [1.807, 2.05) is 39.2 Å². The van der Waals surface area contributed by atoms with Crippen molar-refractivity contribution in [2.45, 2.75) is 38.8 Å². The van der Waals surface area contributed by atoms with Gasteiger partial charge in [-0.05, 0) is 25.5 Å². The molecule has 0 aromatic carbocycles. The molecule has 2 N–H and O–H groups in total. The lowest BCUT2D eigenvalue weighted by Crippen LogP contribution is -2.28. The first-order valence-corrected chi connectivity index (χ1v) is 5.91. The van der Waals surface area contributed by atoms with Crippen LogP contribution < -0.4 is 10.6 Å². The van der Waals surface area contributed by atoms with Gasteiger partial charge in [0.15, 0.2) is 0 Å². The van der Waals surface area contributed by atoms with Crippen molar-refractivity contribution in [3.8, 4) is 6.07 Å². The highest BCUT2D eigenvalue weighted by Crippen LogP contribution is 2.18. The molecule has 0 fully saturated rings. The van der Waals surface area contributed by atoms with Crippen LogP contribution in [0.25, 0.3) is 0 Å². The number of anilines is 1. The smallest absolute Gasteiger partial charge is 0.0643 e. The molecule has 0 saturated heterocycles. The van der Waals surface area contributed by atoms with Crippen molar-refractivity contribution in [2.75, 3.05) is 11.9 Å². The van der Waals surface area contributed by atoms with E-state index in [2.05, 4.69) is 16.0 Å². The molecule has 0 aliphatic carbocycles. The van der Waals surface area contributed by atoms with Crippen molar-refractivity contribution in [2.24, 2.45) is 5.73 Å². The molecule has 0 saturated carbocycles. The van der Waals surface area contributed by atoms with E-state index in [4.69, 9.17) is 11.0 Å². The maximum atomic E-state index is 8.67. The van der Waals surface area contributed by atoms with E-state index < -0.39 is 0 Å². The second-order valence-electron chi connectivity index (χ2n) is 4.28. The molecule has 1 aromatic heterocycles. The van der Waals surface area contributed by atoms with Crippen LogP contribution >= 0.6 is 0 Å². The van der Waals surface area contributed by atoms with Gasteiger partial charge in [0.05, 0.1) is 30.1 Å². The van der Waals surface area contributed by atoms with Gasteiger partial charge in [0.25, 0.3) is 0 Å². The number of aromatic nitrogens is 1. The molecule has 0 spiro atoms. The molecule has 0 bridgehead atoms. The summed E-state index contributed by atoms with van der Waals surface area (Å²) < 4.78 is 0. The van der Waals surface area contributed by atoms with Crippen LogP contribution in [0.4, 0.5) is 5.69 Å². The Kier molecular flexibility index (Phi) is 4.92. The van der Waals surface area contributed by atoms with Crippen LogP contribution in [-0.2, 0) is 0 Å². The predicted molar refractivity (Wildman–Crippen MR) is 69.6 cm³/mol. The van der Waals surface area contributed by atoms with E-state index in [0.717, 1.165) is 17.8 Å². The van der Waals surface area contributed by atoms with Crippen molar-refractivity contribution in [1.82, 2.24) is 4.98 Å². The van der Waals surface area contributed by atoms with Gasteiger partial charge in [0.2, 0.25) is 0 Å². The lowest BCUT2D eigenvalue weighted by Gasteiger charge is -2.25. The van der Waals surface area contributed by atoms with Crippen molar-refractivity contribution in [3.05, 3.63) is 24.0 Å². The van der Waals surface area contributed by atoms with Crippen molar-refractivity contribution in [1.29, 1.82) is 5.26 Å². The summed E-state index contributed by atoms with van der Waals surface area (Å²) >= 11 is 0. The molecule has 1 aromatic rings. The second-order valence-corrected chi connectivity index (χ2v) is 4.28. The summed E-state index contributed by atoms with van der Waals surface area (Å²) in [7, 11) is 1.97. The van der Waals surface area contributed by atoms with Crippen LogP contribution in [-0.4, -0.2) is 18.1 Å². The minimum absolute atomic E-state index is 0.00545. The summed E-state index contributed by atoms with van der Waals surface area (Å²) in [6.07, 6.45) is 3.21. The Morgan fingerprint density at radius 3 is 2.71 bits per heavy atom. The first-order valence-electron chi connectivity index (χ1n) is 5.91. The topological polar surface area (TPSA) is 65.9 Å². The van der Waals surface area contributed by atoms with Gasteiger partial charge >= 0.3 is 0 Å². The highest BCUT2D eigenvalue weighted by Gasteiger charge is 2.11. The van der Waals surface area contributed by atoms with Crippen molar-refractivity contribution >= 4 is 5.69 Å². The van der Waals surface area contributed by atoms with Crippen LogP contribution in [0.1, 0.15) is 38.4 Å². The number of pyridine rings is 1. The summed E-state index contributed by atoms with van der Waals surface area (Å²) in [6.45, 7) is 4.07. The van der Waals surface area contributed by atoms with Crippen LogP contribution in [0.5, 0.6) is 0 Å². The van der Waals surface area contributed by atoms with E-state index in [-0.39, 0.29) is 12.1 Å². The van der Waals surface area contributed by atoms with Gasteiger partial charge < -0.3 is 10.6 Å². The number of nitriles is 1. The van der Waals surface area contributed by atoms with Gasteiger partial charge in [-0.2, -0.15) is 5.26 Å². The minimum Gasteiger partial charge on any atom is -0.370 e. The average molecular weight is 232 g/mol. The molecule has 0 aliphatic rings. The van der Waals surface area contributed by atoms with Gasteiger partial charge in [0, 0.05) is 19.1 Å². The molecule has 4 heteroatoms. The number of hydrogen-bond donors (Lipinski definition) is 1. The van der Waals surface area contributed by atoms with Gasteiger partial charge in [-0.25, -0.2) is 0 Å². The monoisotopic (exact) mass is 232 g/mol. The lowest BCUT2D eigenvalue weighted by molar-refractivity contribution is 0.671. The van der Waals surface area contributed by atoms with Crippen LogP contribution in [0.3, 0.4) is 0 Å². The Bertz CT molecular complexity index is 379. The Hall–Kier alpha value is -1.60. The fourth-order valence-corrected chi connectivity index (χ4v) is 1.56. The first-order chi connectivity index (χ1) is 8.10. The molecule has 1 unspecified atom stereocenters. The molecule has 0 radical (unpaired) electrons. The number of hydrogen-bond acceptors (Lipinski definition) is 4. The third-order valence-corrected chi connectivity index (χ3v) is 3.05. The Morgan fingerprint density at radius 1 is 1.53 bits per heavy atom. The van der Waals surface area contributed by atoms with Gasteiger partial charge in [-0.3, -0.25) is 4.98 Å². The number of nitrogens with two attached hydrogens (primary N) is 1. The van der Waals surface area contributed by atoms with Crippen LogP contribution in [0.15, 0.2) is 18.3 Å². The van der Waals surface area contributed by atoms with Crippen LogP contribution in [0.2, 0.25) is 0 Å². The summed E-state index contributed by atoms with van der Waals surface area (Å²) in [4.78, 5) is 6.42. The van der Waals surface area contributed by atoms with Gasteiger partial charge in [-0.15, -0.1) is 0 Å². The maximum Gasteiger partial charge on any atom is 0.0643 e. The average Bonchev–Trinajstić information content (AvgIpc) is 2.37. The van der Waals surface area contributed by atoms with E-state index in [9.17, 15) is 0 Å². The molecule has 1 heterocycles. The Labute approximate surface area is 103 Å². The molecule has 0 aliphatic heterocycles. The molecule has 2 atom stereocenters. The van der Waals surface area contributed by atoms with Crippen molar-refractivity contribution in [3.63, 3.8) is 0 Å². The van der Waals surface area contributed by atoms with Crippen LogP contribution in [0, 0.1) is 11.3 Å². The highest BCUT2D eigenvalue weighted by molar-refractivity contribution is 5.45. The number of rotatable bonds is 5. The third kappa shape index (κ3) is 3.43. The molecule has 0 amide bonds. The molecular weight excluding hydrogens is 212 g/mol. The second kappa shape index (κ2) is 6.21. The quantitative estimate of drug-likeness (QED) is 0.845. The Morgan fingerprint density at radius 2 is 2.24 bits per heavy atom. The van der Waals surface area contributed by atoms with E-state index in [0.29, 0.717) is 6.42 Å². The zero-order valence-corrected chi connectivity index (χ0v) is 10.7. The molecule has 1 rings (SSSR count). The number of nitrogens with zero attached hydrogens (tertiary/aromatic N) is 3. The summed E-state index contributed by atoms with van der Waals surface area (Å²) in [5.74, 6) is 0. The first kappa shape index (κ1) is 13.5. The predicted octanol–water partition coefficient (Wildman–Crippen LogP) is 2.23. The summed E-state index contributed by atoms with van der Waals surface area (Å²) in [5.41, 5.74) is 7.84. The largest absolute Gasteiger partial charge is 0.370 e. The van der Waals surface area contributed by atoms with E-state index in [1.54, 1.807) is 0 Å². The SMILES string of the molecule is CC[C@H](N)c1ccc(N(C)C(C)CC#N)cn1. The fraction of sp³-hybridized carbons (Fsp3) is 0.538. The van der Waals surface area contributed by atoms with Crippen molar-refractivity contribution < 1.29 is 0 Å². The van der Waals surface area contributed by atoms with E-state index >= 15 is 0 Å². The molecule has 92 valence electrons. The zero-order valence-electron chi connectivity index (χ0n) is 10.7. The molecule has 4 nitrogen and oxygen atoms in total. The third-order valence-electron chi connectivity index (χ3n) is 3.05. The van der Waals surface area contributed by atoms with Gasteiger partial charge in [-0.1, -0.05) is 6.92 Å². The summed E-state index contributed by atoms with van der Waals surface area (Å²) in [6, 6.07) is 6.33. The van der Waals surface area contributed by atoms with Gasteiger partial charge in [0.1, 0.15) is 0 Å². The molecule has 17 heavy (non-hydrogen) atoms. The fourth-order valence-electron chi connectivity index (χ4n) is 1.56. The maximum absolute atomic E-state index is 8.67. The minimum atomic E-state index is 0.00545.